The molecule has 2 aromatic carbocycles. The van der Waals surface area contributed by atoms with E-state index in [0.29, 0.717) is 5.02 Å². The number of carbonyl (C=O) groups is 1. The Morgan fingerprint density at radius 2 is 1.89 bits per heavy atom. The van der Waals surface area contributed by atoms with Crippen molar-refractivity contribution >= 4 is 34.9 Å². The fraction of sp³-hybridized carbons (Fsp3) is 0. The van der Waals surface area contributed by atoms with E-state index in [9.17, 15) is 4.79 Å². The summed E-state index contributed by atoms with van der Waals surface area (Å²) in [6.45, 7) is 0. The van der Waals surface area contributed by atoms with Gasteiger partial charge in [0, 0.05) is 34.7 Å². The number of aromatic nitrogens is 2. The lowest BCUT2D eigenvalue weighted by Gasteiger charge is -2.04. The molecule has 0 saturated carbocycles. The van der Waals surface area contributed by atoms with Crippen LogP contribution in [0.15, 0.2) is 85.2 Å². The van der Waals surface area contributed by atoms with E-state index >= 15 is 0 Å². The minimum atomic E-state index is -0.197. The van der Waals surface area contributed by atoms with E-state index in [1.807, 2.05) is 71.4 Å². The van der Waals surface area contributed by atoms with Crippen LogP contribution < -0.4 is 5.32 Å². The molecule has 4 nitrogen and oxygen atoms in total. The van der Waals surface area contributed by atoms with Gasteiger partial charge in [-0.15, -0.1) is 0 Å². The molecule has 0 unspecified atom stereocenters. The van der Waals surface area contributed by atoms with Gasteiger partial charge in [-0.2, -0.15) is 0 Å². The van der Waals surface area contributed by atoms with E-state index in [1.54, 1.807) is 18.2 Å². The third kappa shape index (κ3) is 4.07. The van der Waals surface area contributed by atoms with Crippen molar-refractivity contribution in [1.82, 2.24) is 9.38 Å². The minimum Gasteiger partial charge on any atom is -0.322 e. The Kier molecular flexibility index (Phi) is 4.73. The number of imidazole rings is 1. The number of benzene rings is 2. The molecule has 0 aliphatic carbocycles. The van der Waals surface area contributed by atoms with Gasteiger partial charge in [0.2, 0.25) is 5.91 Å². The molecule has 0 bridgehead atoms. The molecule has 4 aromatic rings. The SMILES string of the molecule is O=C(/C=C/c1ccc(Cl)cc1)Nc1cccc(-c2cn3ccccc3n2)c1. The summed E-state index contributed by atoms with van der Waals surface area (Å²) < 4.78 is 1.97. The Bertz CT molecular complexity index is 1100. The van der Waals surface area contributed by atoms with Crippen molar-refractivity contribution in [2.75, 3.05) is 5.32 Å². The van der Waals surface area contributed by atoms with Crippen molar-refractivity contribution in [3.05, 3.63) is 95.8 Å². The lowest BCUT2D eigenvalue weighted by Crippen LogP contribution is -2.07. The van der Waals surface area contributed by atoms with Crippen LogP contribution in [0.5, 0.6) is 0 Å². The molecule has 5 heteroatoms. The Balaban J connectivity index is 1.50. The molecule has 4 rings (SSSR count). The van der Waals surface area contributed by atoms with Gasteiger partial charge in [0.25, 0.3) is 0 Å². The summed E-state index contributed by atoms with van der Waals surface area (Å²) in [7, 11) is 0. The number of carbonyl (C=O) groups excluding carboxylic acids is 1. The number of hydrogen-bond acceptors (Lipinski definition) is 2. The van der Waals surface area contributed by atoms with Gasteiger partial charge in [0.15, 0.2) is 0 Å². The van der Waals surface area contributed by atoms with Crippen LogP contribution in [-0.2, 0) is 4.79 Å². The monoisotopic (exact) mass is 373 g/mol. The molecule has 1 amide bonds. The first kappa shape index (κ1) is 17.1. The second kappa shape index (κ2) is 7.48. The number of nitrogens with one attached hydrogen (secondary N) is 1. The second-order valence-corrected chi connectivity index (χ2v) is 6.48. The van der Waals surface area contributed by atoms with E-state index in [1.165, 1.54) is 6.08 Å². The summed E-state index contributed by atoms with van der Waals surface area (Å²) in [6, 6.07) is 20.8. The molecule has 0 atom stereocenters. The Labute approximate surface area is 161 Å². The number of amides is 1. The van der Waals surface area contributed by atoms with Gasteiger partial charge in [0.05, 0.1) is 5.69 Å². The fourth-order valence-electron chi connectivity index (χ4n) is 2.76. The Morgan fingerprint density at radius 1 is 1.04 bits per heavy atom. The summed E-state index contributed by atoms with van der Waals surface area (Å²) in [4.78, 5) is 16.8. The first-order valence-electron chi connectivity index (χ1n) is 8.46. The van der Waals surface area contributed by atoms with Crippen molar-refractivity contribution < 1.29 is 4.79 Å². The molecular formula is C22H16ClN3O. The predicted molar refractivity (Wildman–Crippen MR) is 110 cm³/mol. The summed E-state index contributed by atoms with van der Waals surface area (Å²) in [5.41, 5.74) is 4.31. The molecule has 0 aliphatic rings. The van der Waals surface area contributed by atoms with Crippen molar-refractivity contribution in [2.24, 2.45) is 0 Å². The van der Waals surface area contributed by atoms with Crippen LogP contribution in [0.3, 0.4) is 0 Å². The standard InChI is InChI=1S/C22H16ClN3O/c23-18-10-7-16(8-11-18)9-12-22(27)24-19-5-3-4-17(14-19)20-15-26-13-2-1-6-21(26)25-20/h1-15H,(H,24,27)/b12-9+. The average molecular weight is 374 g/mol. The van der Waals surface area contributed by atoms with Crippen LogP contribution in [0.4, 0.5) is 5.69 Å². The van der Waals surface area contributed by atoms with Crippen molar-refractivity contribution in [3.63, 3.8) is 0 Å². The Morgan fingerprint density at radius 3 is 2.70 bits per heavy atom. The van der Waals surface area contributed by atoms with Crippen molar-refractivity contribution in [1.29, 1.82) is 0 Å². The first-order chi connectivity index (χ1) is 13.2. The van der Waals surface area contributed by atoms with E-state index in [2.05, 4.69) is 10.3 Å². The largest absolute Gasteiger partial charge is 0.322 e. The minimum absolute atomic E-state index is 0.197. The zero-order valence-electron chi connectivity index (χ0n) is 14.3. The highest BCUT2D eigenvalue weighted by Crippen LogP contribution is 2.22. The molecule has 2 heterocycles. The van der Waals surface area contributed by atoms with Gasteiger partial charge < -0.3 is 9.72 Å². The third-order valence-corrected chi connectivity index (χ3v) is 4.34. The lowest BCUT2D eigenvalue weighted by molar-refractivity contribution is -0.111. The van der Waals surface area contributed by atoms with Gasteiger partial charge in [-0.1, -0.05) is 41.9 Å². The highest BCUT2D eigenvalue weighted by molar-refractivity contribution is 6.30. The lowest BCUT2D eigenvalue weighted by atomic mass is 10.1. The molecule has 2 aromatic heterocycles. The van der Waals surface area contributed by atoms with Gasteiger partial charge >= 0.3 is 0 Å². The second-order valence-electron chi connectivity index (χ2n) is 6.05. The summed E-state index contributed by atoms with van der Waals surface area (Å²) >= 11 is 5.86. The maximum Gasteiger partial charge on any atom is 0.248 e. The van der Waals surface area contributed by atoms with Gasteiger partial charge in [0.1, 0.15) is 5.65 Å². The first-order valence-corrected chi connectivity index (χ1v) is 8.84. The third-order valence-electron chi connectivity index (χ3n) is 4.09. The summed E-state index contributed by atoms with van der Waals surface area (Å²) in [5, 5.41) is 3.55. The highest BCUT2D eigenvalue weighted by atomic mass is 35.5. The molecule has 0 saturated heterocycles. The molecule has 0 radical (unpaired) electrons. The Hall–Kier alpha value is -3.37. The van der Waals surface area contributed by atoms with Crippen LogP contribution in [-0.4, -0.2) is 15.3 Å². The number of halogens is 1. The van der Waals surface area contributed by atoms with E-state index in [-0.39, 0.29) is 5.91 Å². The number of pyridine rings is 1. The van der Waals surface area contributed by atoms with Gasteiger partial charge in [-0.3, -0.25) is 4.79 Å². The van der Waals surface area contributed by atoms with Crippen molar-refractivity contribution in [2.45, 2.75) is 0 Å². The summed E-state index contributed by atoms with van der Waals surface area (Å²) in [6.07, 6.45) is 7.17. The normalized spacial score (nSPS) is 11.1. The zero-order valence-corrected chi connectivity index (χ0v) is 15.1. The number of rotatable bonds is 4. The van der Waals surface area contributed by atoms with Crippen LogP contribution in [0.2, 0.25) is 5.02 Å². The molecule has 1 N–H and O–H groups in total. The van der Waals surface area contributed by atoms with Crippen LogP contribution in [0.1, 0.15) is 5.56 Å². The summed E-state index contributed by atoms with van der Waals surface area (Å²) in [5.74, 6) is -0.197. The fourth-order valence-corrected chi connectivity index (χ4v) is 2.89. The number of nitrogens with zero attached hydrogens (tertiary/aromatic N) is 2. The van der Waals surface area contributed by atoms with Gasteiger partial charge in [-0.25, -0.2) is 4.98 Å². The quantitative estimate of drug-likeness (QED) is 0.493. The maximum absolute atomic E-state index is 12.2. The molecule has 132 valence electrons. The van der Waals surface area contributed by atoms with E-state index < -0.39 is 0 Å². The number of fused-ring (bicyclic) bond motifs is 1. The maximum atomic E-state index is 12.2. The van der Waals surface area contributed by atoms with Crippen LogP contribution in [0.25, 0.3) is 23.0 Å². The zero-order chi connectivity index (χ0) is 18.6. The molecule has 0 spiro atoms. The molecule has 27 heavy (non-hydrogen) atoms. The smallest absolute Gasteiger partial charge is 0.248 e. The number of anilines is 1. The van der Waals surface area contributed by atoms with E-state index in [4.69, 9.17) is 11.6 Å². The number of hydrogen-bond donors (Lipinski definition) is 1. The molecule has 0 fully saturated rings. The van der Waals surface area contributed by atoms with E-state index in [0.717, 1.165) is 28.2 Å². The topological polar surface area (TPSA) is 46.4 Å². The van der Waals surface area contributed by atoms with Crippen LogP contribution >= 0.6 is 11.6 Å². The predicted octanol–water partition coefficient (Wildman–Crippen LogP) is 5.31. The molecular weight excluding hydrogens is 358 g/mol. The van der Waals surface area contributed by atoms with Crippen molar-refractivity contribution in [3.8, 4) is 11.3 Å². The highest BCUT2D eigenvalue weighted by Gasteiger charge is 2.06. The van der Waals surface area contributed by atoms with Crippen LogP contribution in [0, 0.1) is 0 Å². The van der Waals surface area contributed by atoms with Gasteiger partial charge in [-0.05, 0) is 48.0 Å². The average Bonchev–Trinajstić information content (AvgIpc) is 3.12. The molecule has 0 aliphatic heterocycles.